The van der Waals surface area contributed by atoms with Crippen LogP contribution in [0.1, 0.15) is 18.4 Å². The van der Waals surface area contributed by atoms with Gasteiger partial charge in [0.25, 0.3) is 0 Å². The molecule has 1 saturated heterocycles. The van der Waals surface area contributed by atoms with E-state index in [2.05, 4.69) is 11.8 Å². The number of piperidine rings is 1. The van der Waals surface area contributed by atoms with E-state index < -0.39 is 10.0 Å². The fourth-order valence-electron chi connectivity index (χ4n) is 2.31. The Morgan fingerprint density at radius 1 is 1.29 bits per heavy atom. The van der Waals surface area contributed by atoms with Gasteiger partial charge in [-0.2, -0.15) is 4.31 Å². The number of methoxy groups -OCH3 is 1. The molecule has 1 N–H and O–H groups in total. The first kappa shape index (κ1) is 16.0. The van der Waals surface area contributed by atoms with E-state index in [9.17, 15) is 8.42 Å². The molecular formula is C15H19NO4S. The third-order valence-corrected chi connectivity index (χ3v) is 5.45. The van der Waals surface area contributed by atoms with E-state index in [4.69, 9.17) is 9.84 Å². The van der Waals surface area contributed by atoms with Crippen LogP contribution in [0.3, 0.4) is 0 Å². The Kier molecular flexibility index (Phi) is 5.37. The van der Waals surface area contributed by atoms with E-state index in [-0.39, 0.29) is 17.6 Å². The lowest BCUT2D eigenvalue weighted by Gasteiger charge is -2.30. The van der Waals surface area contributed by atoms with E-state index in [1.807, 2.05) is 0 Å². The van der Waals surface area contributed by atoms with Crippen LogP contribution in [0.25, 0.3) is 0 Å². The summed E-state index contributed by atoms with van der Waals surface area (Å²) in [5.41, 5.74) is 0.682. The first-order valence-corrected chi connectivity index (χ1v) is 8.24. The minimum absolute atomic E-state index is 0.146. The van der Waals surface area contributed by atoms with Gasteiger partial charge in [-0.15, -0.1) is 0 Å². The second-order valence-electron chi connectivity index (χ2n) is 4.82. The summed E-state index contributed by atoms with van der Waals surface area (Å²) < 4.78 is 31.8. The monoisotopic (exact) mass is 309 g/mol. The zero-order valence-corrected chi connectivity index (χ0v) is 12.8. The quantitative estimate of drug-likeness (QED) is 0.840. The van der Waals surface area contributed by atoms with Crippen LogP contribution in [0.4, 0.5) is 0 Å². The molecule has 0 unspecified atom stereocenters. The topological polar surface area (TPSA) is 66.8 Å². The Morgan fingerprint density at radius 3 is 2.43 bits per heavy atom. The van der Waals surface area contributed by atoms with Gasteiger partial charge in [0.15, 0.2) is 0 Å². The molecule has 6 heteroatoms. The minimum Gasteiger partial charge on any atom is -0.384 e. The lowest BCUT2D eigenvalue weighted by Crippen LogP contribution is -2.40. The standard InChI is InChI=1S/C15H19NO4S/c1-20-14-8-10-16(11-9-14)21(18,19)15-6-4-13(5-7-15)3-2-12-17/h4-7,14,17H,8-12H2,1H3. The number of nitrogens with zero attached hydrogens (tertiary/aromatic N) is 1. The maximum Gasteiger partial charge on any atom is 0.243 e. The van der Waals surface area contributed by atoms with Crippen molar-refractivity contribution in [3.8, 4) is 11.8 Å². The molecule has 0 aliphatic carbocycles. The smallest absolute Gasteiger partial charge is 0.243 e. The van der Waals surface area contributed by atoms with Crippen molar-refractivity contribution in [1.82, 2.24) is 4.31 Å². The first-order chi connectivity index (χ1) is 10.1. The Bertz CT molecular complexity index is 620. The maximum absolute atomic E-state index is 12.5. The van der Waals surface area contributed by atoms with Gasteiger partial charge < -0.3 is 9.84 Å². The highest BCUT2D eigenvalue weighted by molar-refractivity contribution is 7.89. The molecule has 1 aromatic carbocycles. The number of benzene rings is 1. The average Bonchev–Trinajstić information content (AvgIpc) is 2.53. The molecule has 1 aromatic rings. The fourth-order valence-corrected chi connectivity index (χ4v) is 3.78. The van der Waals surface area contributed by atoms with Crippen LogP contribution < -0.4 is 0 Å². The number of aliphatic hydroxyl groups is 1. The molecule has 0 bridgehead atoms. The molecule has 0 amide bonds. The van der Waals surface area contributed by atoms with Gasteiger partial charge in [-0.25, -0.2) is 8.42 Å². The summed E-state index contributed by atoms with van der Waals surface area (Å²) in [6.07, 6.45) is 1.58. The van der Waals surface area contributed by atoms with Crippen molar-refractivity contribution < 1.29 is 18.3 Å². The predicted molar refractivity (Wildman–Crippen MR) is 79.2 cm³/mol. The molecule has 1 heterocycles. The number of rotatable bonds is 3. The fraction of sp³-hybridized carbons (Fsp3) is 0.467. The Hall–Kier alpha value is -1.39. The van der Waals surface area contributed by atoms with Gasteiger partial charge in [0.05, 0.1) is 11.0 Å². The summed E-state index contributed by atoms with van der Waals surface area (Å²) in [4.78, 5) is 0.271. The second kappa shape index (κ2) is 7.05. The van der Waals surface area contributed by atoms with Crippen molar-refractivity contribution in [3.63, 3.8) is 0 Å². The minimum atomic E-state index is -3.45. The van der Waals surface area contributed by atoms with Gasteiger partial charge in [0.2, 0.25) is 10.0 Å². The number of aliphatic hydroxyl groups excluding tert-OH is 1. The summed E-state index contributed by atoms with van der Waals surface area (Å²) in [5.74, 6) is 5.27. The molecule has 1 aliphatic heterocycles. The van der Waals surface area contributed by atoms with Crippen LogP contribution in [-0.4, -0.2) is 50.7 Å². The summed E-state index contributed by atoms with van der Waals surface area (Å²) in [6.45, 7) is 0.744. The summed E-state index contributed by atoms with van der Waals surface area (Å²) in [6, 6.07) is 6.41. The van der Waals surface area contributed by atoms with Gasteiger partial charge in [-0.3, -0.25) is 0 Å². The first-order valence-electron chi connectivity index (χ1n) is 6.80. The van der Waals surface area contributed by atoms with Crippen LogP contribution >= 0.6 is 0 Å². The lowest BCUT2D eigenvalue weighted by molar-refractivity contribution is 0.0604. The molecular weight excluding hydrogens is 290 g/mol. The van der Waals surface area contributed by atoms with Crippen LogP contribution in [0.5, 0.6) is 0 Å². The van der Waals surface area contributed by atoms with Crippen LogP contribution in [-0.2, 0) is 14.8 Å². The number of ether oxygens (including phenoxy) is 1. The van der Waals surface area contributed by atoms with E-state index >= 15 is 0 Å². The zero-order valence-electron chi connectivity index (χ0n) is 11.9. The molecule has 0 atom stereocenters. The van der Waals surface area contributed by atoms with Crippen molar-refractivity contribution >= 4 is 10.0 Å². The van der Waals surface area contributed by atoms with E-state index in [0.717, 1.165) is 12.8 Å². The molecule has 0 aromatic heterocycles. The van der Waals surface area contributed by atoms with Crippen LogP contribution in [0, 0.1) is 11.8 Å². The highest BCUT2D eigenvalue weighted by Gasteiger charge is 2.29. The summed E-state index contributed by atoms with van der Waals surface area (Å²) in [7, 11) is -1.80. The SMILES string of the molecule is COC1CCN(S(=O)(=O)c2ccc(C#CCO)cc2)CC1. The van der Waals surface area contributed by atoms with E-state index in [1.54, 1.807) is 31.4 Å². The van der Waals surface area contributed by atoms with Gasteiger partial charge >= 0.3 is 0 Å². The highest BCUT2D eigenvalue weighted by atomic mass is 32.2. The molecule has 5 nitrogen and oxygen atoms in total. The van der Waals surface area contributed by atoms with Crippen molar-refractivity contribution in [2.24, 2.45) is 0 Å². The van der Waals surface area contributed by atoms with Crippen molar-refractivity contribution in [1.29, 1.82) is 0 Å². The number of sulfonamides is 1. The Balaban J connectivity index is 2.13. The molecule has 0 saturated carbocycles. The normalized spacial score (nSPS) is 17.2. The molecule has 114 valence electrons. The molecule has 1 fully saturated rings. The summed E-state index contributed by atoms with van der Waals surface area (Å²) in [5, 5.41) is 8.64. The van der Waals surface area contributed by atoms with Crippen LogP contribution in [0.2, 0.25) is 0 Å². The highest BCUT2D eigenvalue weighted by Crippen LogP contribution is 2.22. The average molecular weight is 309 g/mol. The molecule has 0 spiro atoms. The number of hydrogen-bond acceptors (Lipinski definition) is 4. The predicted octanol–water partition coefficient (Wildman–Crippen LogP) is 0.830. The van der Waals surface area contributed by atoms with Gasteiger partial charge in [0, 0.05) is 25.8 Å². The summed E-state index contributed by atoms with van der Waals surface area (Å²) >= 11 is 0. The largest absolute Gasteiger partial charge is 0.384 e. The zero-order chi connectivity index (χ0) is 15.3. The van der Waals surface area contributed by atoms with Crippen molar-refractivity contribution in [3.05, 3.63) is 29.8 Å². The molecule has 1 aliphatic rings. The lowest BCUT2D eigenvalue weighted by atomic mass is 10.1. The second-order valence-corrected chi connectivity index (χ2v) is 6.76. The molecule has 2 rings (SSSR count). The maximum atomic E-state index is 12.5. The third-order valence-electron chi connectivity index (χ3n) is 3.54. The Labute approximate surface area is 125 Å². The van der Waals surface area contributed by atoms with E-state index in [0.29, 0.717) is 18.7 Å². The van der Waals surface area contributed by atoms with Crippen LogP contribution in [0.15, 0.2) is 29.2 Å². The van der Waals surface area contributed by atoms with Gasteiger partial charge in [-0.05, 0) is 37.1 Å². The Morgan fingerprint density at radius 2 is 1.90 bits per heavy atom. The van der Waals surface area contributed by atoms with Gasteiger partial charge in [-0.1, -0.05) is 11.8 Å². The van der Waals surface area contributed by atoms with Crippen molar-refractivity contribution in [2.45, 2.75) is 23.8 Å². The van der Waals surface area contributed by atoms with Gasteiger partial charge in [0.1, 0.15) is 6.61 Å². The molecule has 21 heavy (non-hydrogen) atoms. The number of hydrogen-bond donors (Lipinski definition) is 1. The third kappa shape index (κ3) is 3.83. The molecule has 0 radical (unpaired) electrons. The van der Waals surface area contributed by atoms with Crippen molar-refractivity contribution in [2.75, 3.05) is 26.8 Å². The van der Waals surface area contributed by atoms with E-state index in [1.165, 1.54) is 4.31 Å².